The number of nitriles is 1. The topological polar surface area (TPSA) is 83.9 Å². The molecule has 0 aliphatic carbocycles. The van der Waals surface area contributed by atoms with Gasteiger partial charge in [0.25, 0.3) is 0 Å². The standard InChI is InChI=1S/C7H6N2O2SSe/c8-5-13-7-3-1-6(2-4-7)12(9,10)11/h1-4H,(H2,9,10,11). The van der Waals surface area contributed by atoms with E-state index in [0.29, 0.717) is 0 Å². The number of nitrogens with two attached hydrogens (primary N) is 1. The molecule has 0 atom stereocenters. The summed E-state index contributed by atoms with van der Waals surface area (Å²) in [5.41, 5.74) is 0. The third-order valence-electron chi connectivity index (χ3n) is 1.32. The van der Waals surface area contributed by atoms with Crippen molar-refractivity contribution in [1.82, 2.24) is 0 Å². The van der Waals surface area contributed by atoms with Crippen LogP contribution in [0.3, 0.4) is 0 Å². The van der Waals surface area contributed by atoms with Gasteiger partial charge in [0.2, 0.25) is 0 Å². The Morgan fingerprint density at radius 1 is 1.31 bits per heavy atom. The molecule has 1 aromatic rings. The van der Waals surface area contributed by atoms with Crippen LogP contribution in [0.4, 0.5) is 0 Å². The van der Waals surface area contributed by atoms with E-state index in [0.717, 1.165) is 4.46 Å². The van der Waals surface area contributed by atoms with Gasteiger partial charge in [0.15, 0.2) is 0 Å². The van der Waals surface area contributed by atoms with Gasteiger partial charge in [-0.25, -0.2) is 0 Å². The minimum atomic E-state index is -3.61. The van der Waals surface area contributed by atoms with Gasteiger partial charge in [-0.1, -0.05) is 0 Å². The van der Waals surface area contributed by atoms with Crippen LogP contribution in [0, 0.1) is 10.2 Å². The Bertz CT molecular complexity index is 433. The molecule has 4 nitrogen and oxygen atoms in total. The van der Waals surface area contributed by atoms with E-state index in [1.807, 2.05) is 4.97 Å². The number of benzene rings is 1. The average Bonchev–Trinajstić information content (AvgIpc) is 2.04. The first-order valence-electron chi connectivity index (χ1n) is 3.23. The van der Waals surface area contributed by atoms with Crippen molar-refractivity contribution in [2.45, 2.75) is 4.90 Å². The molecule has 0 saturated carbocycles. The molecule has 0 saturated heterocycles. The van der Waals surface area contributed by atoms with E-state index >= 15 is 0 Å². The summed E-state index contributed by atoms with van der Waals surface area (Å²) in [5.74, 6) is 0. The van der Waals surface area contributed by atoms with Gasteiger partial charge in [0, 0.05) is 0 Å². The van der Waals surface area contributed by atoms with Crippen molar-refractivity contribution >= 4 is 29.4 Å². The molecule has 1 rings (SSSR count). The van der Waals surface area contributed by atoms with E-state index in [2.05, 4.69) is 0 Å². The molecular formula is C7H6N2O2SSe. The molecule has 0 amide bonds. The van der Waals surface area contributed by atoms with E-state index in [1.54, 1.807) is 12.1 Å². The zero-order chi connectivity index (χ0) is 9.90. The van der Waals surface area contributed by atoms with E-state index in [4.69, 9.17) is 10.4 Å². The van der Waals surface area contributed by atoms with Crippen LogP contribution < -0.4 is 9.60 Å². The Balaban J connectivity index is 3.03. The first kappa shape index (κ1) is 10.2. The van der Waals surface area contributed by atoms with Gasteiger partial charge in [-0.15, -0.1) is 0 Å². The van der Waals surface area contributed by atoms with Crippen LogP contribution in [0.25, 0.3) is 0 Å². The molecule has 0 spiro atoms. The molecule has 0 fully saturated rings. The van der Waals surface area contributed by atoms with Crippen LogP contribution >= 0.6 is 0 Å². The van der Waals surface area contributed by atoms with Gasteiger partial charge in [0.05, 0.1) is 0 Å². The minimum absolute atomic E-state index is 0.0741. The van der Waals surface area contributed by atoms with Crippen LogP contribution in [0.5, 0.6) is 0 Å². The zero-order valence-electron chi connectivity index (χ0n) is 6.47. The molecule has 6 heteroatoms. The molecule has 0 bridgehead atoms. The van der Waals surface area contributed by atoms with Gasteiger partial charge in [-0.3, -0.25) is 0 Å². The van der Waals surface area contributed by atoms with Gasteiger partial charge in [0.1, 0.15) is 0 Å². The Hall–Kier alpha value is -0.861. The second kappa shape index (κ2) is 3.90. The second-order valence-corrected chi connectivity index (χ2v) is 5.57. The van der Waals surface area contributed by atoms with Gasteiger partial charge >= 0.3 is 82.4 Å². The molecule has 0 heterocycles. The normalized spacial score (nSPS) is 10.8. The van der Waals surface area contributed by atoms with Crippen LogP contribution in [0.15, 0.2) is 29.2 Å². The first-order chi connectivity index (χ1) is 6.04. The first-order valence-corrected chi connectivity index (χ1v) is 6.49. The molecule has 0 unspecified atom stereocenters. The van der Waals surface area contributed by atoms with Crippen LogP contribution in [0.2, 0.25) is 0 Å². The number of hydrogen-bond acceptors (Lipinski definition) is 3. The molecular weight excluding hydrogens is 255 g/mol. The molecule has 0 aliphatic rings. The average molecular weight is 261 g/mol. The van der Waals surface area contributed by atoms with E-state index in [-0.39, 0.29) is 19.9 Å². The summed E-state index contributed by atoms with van der Waals surface area (Å²) in [5, 5.41) is 13.3. The fourth-order valence-electron chi connectivity index (χ4n) is 0.750. The summed E-state index contributed by atoms with van der Waals surface area (Å²) in [7, 11) is -3.61. The van der Waals surface area contributed by atoms with E-state index < -0.39 is 10.0 Å². The van der Waals surface area contributed by atoms with Crippen molar-refractivity contribution in [2.24, 2.45) is 5.14 Å². The van der Waals surface area contributed by atoms with Gasteiger partial charge < -0.3 is 0 Å². The number of primary sulfonamides is 1. The number of sulfonamides is 1. The molecule has 0 aliphatic heterocycles. The van der Waals surface area contributed by atoms with Gasteiger partial charge in [-0.05, 0) is 0 Å². The summed E-state index contributed by atoms with van der Waals surface area (Å²) in [4.78, 5) is 2.10. The summed E-state index contributed by atoms with van der Waals surface area (Å²) in [6.45, 7) is 0. The predicted molar refractivity (Wildman–Crippen MR) is 48.8 cm³/mol. The third-order valence-corrected chi connectivity index (χ3v) is 3.50. The van der Waals surface area contributed by atoms with Crippen molar-refractivity contribution in [2.75, 3.05) is 0 Å². The number of nitrogens with zero attached hydrogens (tertiary/aromatic N) is 1. The Kier molecular flexibility index (Phi) is 3.07. The molecule has 68 valence electrons. The fraction of sp³-hybridized carbons (Fsp3) is 0. The summed E-state index contributed by atoms with van der Waals surface area (Å²) in [6, 6.07) is 6.01. The van der Waals surface area contributed by atoms with Crippen molar-refractivity contribution < 1.29 is 8.42 Å². The molecule has 2 N–H and O–H groups in total. The SMILES string of the molecule is N#C[Se]c1ccc(S(N)(=O)=O)cc1. The molecule has 0 aromatic heterocycles. The maximum atomic E-state index is 10.8. The quantitative estimate of drug-likeness (QED) is 0.703. The Labute approximate surface area is 82.6 Å². The van der Waals surface area contributed by atoms with E-state index in [9.17, 15) is 8.42 Å². The third kappa shape index (κ3) is 2.83. The molecule has 13 heavy (non-hydrogen) atoms. The number of rotatable bonds is 2. The van der Waals surface area contributed by atoms with E-state index in [1.165, 1.54) is 12.1 Å². The number of hydrogen-bond donors (Lipinski definition) is 1. The van der Waals surface area contributed by atoms with Crippen molar-refractivity contribution in [3.8, 4) is 4.97 Å². The van der Waals surface area contributed by atoms with Crippen LogP contribution in [0.1, 0.15) is 0 Å². The second-order valence-electron chi connectivity index (χ2n) is 2.21. The Morgan fingerprint density at radius 3 is 2.23 bits per heavy atom. The van der Waals surface area contributed by atoms with Crippen molar-refractivity contribution in [1.29, 1.82) is 5.26 Å². The molecule has 1 aromatic carbocycles. The van der Waals surface area contributed by atoms with Gasteiger partial charge in [-0.2, -0.15) is 0 Å². The molecule has 0 radical (unpaired) electrons. The zero-order valence-corrected chi connectivity index (χ0v) is 9.00. The summed E-state index contributed by atoms with van der Waals surface area (Å²) < 4.78 is 22.5. The van der Waals surface area contributed by atoms with Crippen molar-refractivity contribution in [3.63, 3.8) is 0 Å². The van der Waals surface area contributed by atoms with Crippen molar-refractivity contribution in [3.05, 3.63) is 24.3 Å². The van der Waals surface area contributed by atoms with Crippen LogP contribution in [-0.2, 0) is 10.0 Å². The predicted octanol–water partition coefficient (Wildman–Crippen LogP) is -0.855. The summed E-state index contributed by atoms with van der Waals surface area (Å²) in [6.07, 6.45) is 0. The fourth-order valence-corrected chi connectivity index (χ4v) is 2.06. The maximum absolute atomic E-state index is 10.8. The van der Waals surface area contributed by atoms with Crippen LogP contribution in [-0.4, -0.2) is 23.4 Å². The summed E-state index contributed by atoms with van der Waals surface area (Å²) >= 11 is -0.253. The monoisotopic (exact) mass is 262 g/mol. The Morgan fingerprint density at radius 2 is 1.85 bits per heavy atom.